The summed E-state index contributed by atoms with van der Waals surface area (Å²) in [7, 11) is 1.89. The number of hydrogen-bond acceptors (Lipinski definition) is 3. The summed E-state index contributed by atoms with van der Waals surface area (Å²) in [6.07, 6.45) is 3.99. The maximum atomic E-state index is 6.18. The SMILES string of the molecule is CCCc1ccc(Oc2ncc(CNC)cc2Cl)cc1. The molecule has 3 nitrogen and oxygen atoms in total. The fourth-order valence-corrected chi connectivity index (χ4v) is 2.19. The highest BCUT2D eigenvalue weighted by molar-refractivity contribution is 6.31. The van der Waals surface area contributed by atoms with Gasteiger partial charge in [-0.25, -0.2) is 4.98 Å². The largest absolute Gasteiger partial charge is 0.438 e. The summed E-state index contributed by atoms with van der Waals surface area (Å²) in [5, 5.41) is 3.58. The Kier molecular flexibility index (Phi) is 5.39. The van der Waals surface area contributed by atoms with Crippen molar-refractivity contribution in [2.75, 3.05) is 7.05 Å². The molecule has 1 aromatic heterocycles. The van der Waals surface area contributed by atoms with Crippen molar-refractivity contribution in [2.24, 2.45) is 0 Å². The van der Waals surface area contributed by atoms with E-state index in [-0.39, 0.29) is 0 Å². The van der Waals surface area contributed by atoms with E-state index in [0.717, 1.165) is 30.7 Å². The maximum absolute atomic E-state index is 6.18. The molecule has 0 atom stereocenters. The van der Waals surface area contributed by atoms with Crippen LogP contribution < -0.4 is 10.1 Å². The molecule has 0 unspecified atom stereocenters. The Morgan fingerprint density at radius 3 is 2.55 bits per heavy atom. The Morgan fingerprint density at radius 1 is 1.20 bits per heavy atom. The van der Waals surface area contributed by atoms with Crippen LogP contribution in [0.1, 0.15) is 24.5 Å². The lowest BCUT2D eigenvalue weighted by Gasteiger charge is -2.08. The quantitative estimate of drug-likeness (QED) is 0.866. The van der Waals surface area contributed by atoms with E-state index >= 15 is 0 Å². The Labute approximate surface area is 124 Å². The molecule has 106 valence electrons. The van der Waals surface area contributed by atoms with Crippen LogP contribution in [0.3, 0.4) is 0 Å². The van der Waals surface area contributed by atoms with E-state index in [1.807, 2.05) is 25.2 Å². The standard InChI is InChI=1S/C16H19ClN2O/c1-3-4-12-5-7-14(8-6-12)20-16-15(17)9-13(10-18-2)11-19-16/h5-9,11,18H,3-4,10H2,1-2H3. The molecule has 1 heterocycles. The second kappa shape index (κ2) is 7.27. The van der Waals surface area contributed by atoms with Gasteiger partial charge in [0.15, 0.2) is 0 Å². The van der Waals surface area contributed by atoms with Gasteiger partial charge in [-0.3, -0.25) is 0 Å². The maximum Gasteiger partial charge on any atom is 0.238 e. The van der Waals surface area contributed by atoms with E-state index in [4.69, 9.17) is 16.3 Å². The molecule has 0 amide bonds. The van der Waals surface area contributed by atoms with Gasteiger partial charge in [0.2, 0.25) is 5.88 Å². The monoisotopic (exact) mass is 290 g/mol. The molecule has 0 aliphatic rings. The second-order valence-electron chi connectivity index (χ2n) is 4.66. The van der Waals surface area contributed by atoms with Gasteiger partial charge in [0.1, 0.15) is 10.8 Å². The lowest BCUT2D eigenvalue weighted by Crippen LogP contribution is -2.05. The molecule has 2 aromatic rings. The minimum atomic E-state index is 0.440. The van der Waals surface area contributed by atoms with Crippen LogP contribution >= 0.6 is 11.6 Å². The van der Waals surface area contributed by atoms with E-state index in [1.165, 1.54) is 5.56 Å². The van der Waals surface area contributed by atoms with Gasteiger partial charge in [0, 0.05) is 12.7 Å². The molecule has 4 heteroatoms. The van der Waals surface area contributed by atoms with Crippen LogP contribution in [0.25, 0.3) is 0 Å². The predicted molar refractivity (Wildman–Crippen MR) is 82.5 cm³/mol. The number of pyridine rings is 1. The molecule has 0 aliphatic heterocycles. The summed E-state index contributed by atoms with van der Waals surface area (Å²) in [6, 6.07) is 9.91. The lowest BCUT2D eigenvalue weighted by atomic mass is 10.1. The third kappa shape index (κ3) is 3.95. The third-order valence-corrected chi connectivity index (χ3v) is 3.19. The van der Waals surface area contributed by atoms with Crippen LogP contribution in [-0.2, 0) is 13.0 Å². The van der Waals surface area contributed by atoms with Crippen LogP contribution in [0.4, 0.5) is 0 Å². The minimum Gasteiger partial charge on any atom is -0.438 e. The number of ether oxygens (including phenoxy) is 1. The second-order valence-corrected chi connectivity index (χ2v) is 5.06. The fraction of sp³-hybridized carbons (Fsp3) is 0.312. The summed E-state index contributed by atoms with van der Waals surface area (Å²) >= 11 is 6.18. The molecule has 0 saturated carbocycles. The molecular formula is C16H19ClN2O. The zero-order valence-corrected chi connectivity index (χ0v) is 12.6. The van der Waals surface area contributed by atoms with Crippen LogP contribution in [0.15, 0.2) is 36.5 Å². The smallest absolute Gasteiger partial charge is 0.238 e. The third-order valence-electron chi connectivity index (χ3n) is 2.92. The summed E-state index contributed by atoms with van der Waals surface area (Å²) in [4.78, 5) is 4.26. The molecule has 2 rings (SSSR count). The molecule has 0 aliphatic carbocycles. The first-order valence-corrected chi connectivity index (χ1v) is 7.16. The number of aryl methyl sites for hydroxylation is 1. The molecule has 0 fully saturated rings. The van der Waals surface area contributed by atoms with Crippen molar-refractivity contribution in [3.8, 4) is 11.6 Å². The summed E-state index contributed by atoms with van der Waals surface area (Å²) in [5.74, 6) is 1.19. The van der Waals surface area contributed by atoms with Crippen molar-refractivity contribution in [3.63, 3.8) is 0 Å². The van der Waals surface area contributed by atoms with Gasteiger partial charge < -0.3 is 10.1 Å². The lowest BCUT2D eigenvalue weighted by molar-refractivity contribution is 0.462. The highest BCUT2D eigenvalue weighted by atomic mass is 35.5. The zero-order chi connectivity index (χ0) is 14.4. The van der Waals surface area contributed by atoms with Crippen molar-refractivity contribution in [2.45, 2.75) is 26.3 Å². The van der Waals surface area contributed by atoms with Crippen molar-refractivity contribution in [1.29, 1.82) is 0 Å². The van der Waals surface area contributed by atoms with Crippen LogP contribution in [-0.4, -0.2) is 12.0 Å². The van der Waals surface area contributed by atoms with Crippen molar-refractivity contribution >= 4 is 11.6 Å². The zero-order valence-electron chi connectivity index (χ0n) is 11.8. The highest BCUT2D eigenvalue weighted by Gasteiger charge is 2.06. The highest BCUT2D eigenvalue weighted by Crippen LogP contribution is 2.27. The van der Waals surface area contributed by atoms with Crippen LogP contribution in [0.5, 0.6) is 11.6 Å². The van der Waals surface area contributed by atoms with Crippen LogP contribution in [0, 0.1) is 0 Å². The molecule has 1 N–H and O–H groups in total. The van der Waals surface area contributed by atoms with Gasteiger partial charge in [-0.1, -0.05) is 37.1 Å². The molecule has 0 saturated heterocycles. The van der Waals surface area contributed by atoms with E-state index in [0.29, 0.717) is 10.9 Å². The van der Waals surface area contributed by atoms with Gasteiger partial charge >= 0.3 is 0 Å². The minimum absolute atomic E-state index is 0.440. The van der Waals surface area contributed by atoms with Gasteiger partial charge in [0.05, 0.1) is 0 Å². The van der Waals surface area contributed by atoms with E-state index in [2.05, 4.69) is 29.4 Å². The molecule has 20 heavy (non-hydrogen) atoms. The summed E-state index contributed by atoms with van der Waals surface area (Å²) < 4.78 is 5.71. The van der Waals surface area contributed by atoms with Gasteiger partial charge in [0.25, 0.3) is 0 Å². The molecular weight excluding hydrogens is 272 g/mol. The van der Waals surface area contributed by atoms with Gasteiger partial charge in [-0.05, 0) is 42.8 Å². The molecule has 0 spiro atoms. The fourth-order valence-electron chi connectivity index (χ4n) is 1.97. The number of nitrogens with one attached hydrogen (secondary N) is 1. The molecule has 0 bridgehead atoms. The normalized spacial score (nSPS) is 10.6. The van der Waals surface area contributed by atoms with E-state index in [9.17, 15) is 0 Å². The Morgan fingerprint density at radius 2 is 1.95 bits per heavy atom. The topological polar surface area (TPSA) is 34.1 Å². The number of rotatable bonds is 6. The molecule has 1 aromatic carbocycles. The first kappa shape index (κ1) is 14.8. The average Bonchev–Trinajstić information content (AvgIpc) is 2.44. The van der Waals surface area contributed by atoms with Crippen molar-refractivity contribution in [3.05, 3.63) is 52.7 Å². The predicted octanol–water partition coefficient (Wildman–Crippen LogP) is 4.20. The van der Waals surface area contributed by atoms with Crippen LogP contribution in [0.2, 0.25) is 5.02 Å². The first-order valence-electron chi connectivity index (χ1n) is 6.78. The van der Waals surface area contributed by atoms with Gasteiger partial charge in [-0.2, -0.15) is 0 Å². The van der Waals surface area contributed by atoms with E-state index < -0.39 is 0 Å². The number of aromatic nitrogens is 1. The first-order chi connectivity index (χ1) is 9.72. The van der Waals surface area contributed by atoms with Gasteiger partial charge in [-0.15, -0.1) is 0 Å². The Balaban J connectivity index is 2.09. The van der Waals surface area contributed by atoms with Crippen molar-refractivity contribution < 1.29 is 4.74 Å². The van der Waals surface area contributed by atoms with E-state index in [1.54, 1.807) is 6.20 Å². The number of benzene rings is 1. The number of hydrogen-bond donors (Lipinski definition) is 1. The Hall–Kier alpha value is -1.58. The summed E-state index contributed by atoms with van der Waals surface area (Å²) in [5.41, 5.74) is 2.34. The molecule has 0 radical (unpaired) electrons. The number of halogens is 1. The summed E-state index contributed by atoms with van der Waals surface area (Å²) in [6.45, 7) is 2.90. The Bertz CT molecular complexity index is 555. The van der Waals surface area contributed by atoms with Crippen molar-refractivity contribution in [1.82, 2.24) is 10.3 Å². The number of nitrogens with zero attached hydrogens (tertiary/aromatic N) is 1. The average molecular weight is 291 g/mol.